The highest BCUT2D eigenvalue weighted by molar-refractivity contribution is 7.91. The lowest BCUT2D eigenvalue weighted by atomic mass is 9.83. The highest BCUT2D eigenvalue weighted by Crippen LogP contribution is 2.46. The summed E-state index contributed by atoms with van der Waals surface area (Å²) in [6, 6.07) is 3.38. The van der Waals surface area contributed by atoms with E-state index in [1.54, 1.807) is 13.2 Å². The lowest BCUT2D eigenvalue weighted by Crippen LogP contribution is -2.59. The van der Waals surface area contributed by atoms with Crippen molar-refractivity contribution in [2.45, 2.75) is 138 Å². The van der Waals surface area contributed by atoms with E-state index in [4.69, 9.17) is 28.7 Å². The van der Waals surface area contributed by atoms with Gasteiger partial charge in [-0.2, -0.15) is 0 Å². The van der Waals surface area contributed by atoms with Crippen molar-refractivity contribution in [2.75, 3.05) is 26.9 Å². The third-order valence-electron chi connectivity index (χ3n) is 13.1. The molecule has 4 bridgehead atoms. The number of aromatic nitrogens is 1. The Bertz CT molecular complexity index is 2110. The molecule has 16 nitrogen and oxygen atoms in total. The standard InChI is InChI=1S/C43H57N5O11S/c1-4-27-23-43(27,41(51)47-60(53,54)29-16-17-29)46-39(49)32-20-28-24-48(32)40(50)38(25-11-7-6-8-12-25)45-42(52)59-34-15-9-14-33(34)57-18-10-13-26-19-30-31(21-35(26)55-3)44-37(56-5-2)22-36(30)58-28/h4,19,21-22,25,27-29,32-34,38H,1,5-18,20,23-24H2,2-3H3,(H,45,52)(H,46,49)(H,47,51)/t27-,28-,32+,33-,34-,38+,43-/m1/s1. The molecule has 1 saturated heterocycles. The predicted octanol–water partition coefficient (Wildman–Crippen LogP) is 4.22. The van der Waals surface area contributed by atoms with E-state index in [9.17, 15) is 22.8 Å². The van der Waals surface area contributed by atoms with E-state index in [2.05, 4.69) is 21.9 Å². The molecule has 5 fully saturated rings. The van der Waals surface area contributed by atoms with E-state index in [0.29, 0.717) is 86.4 Å². The summed E-state index contributed by atoms with van der Waals surface area (Å²) in [4.78, 5) is 63.3. The van der Waals surface area contributed by atoms with Gasteiger partial charge in [-0.3, -0.25) is 19.1 Å². The number of rotatable bonds is 10. The lowest BCUT2D eigenvalue weighted by molar-refractivity contribution is -0.142. The van der Waals surface area contributed by atoms with Crippen molar-refractivity contribution in [3.8, 4) is 17.4 Å². The van der Waals surface area contributed by atoms with Crippen molar-refractivity contribution in [3.63, 3.8) is 0 Å². The van der Waals surface area contributed by atoms with Crippen LogP contribution in [0.4, 0.5) is 4.79 Å². The zero-order valence-electron chi connectivity index (χ0n) is 34.4. The second kappa shape index (κ2) is 17.4. The Labute approximate surface area is 350 Å². The fourth-order valence-electron chi connectivity index (χ4n) is 9.56. The Morgan fingerprint density at radius 3 is 2.53 bits per heavy atom. The highest BCUT2D eigenvalue weighted by atomic mass is 32.2. The van der Waals surface area contributed by atoms with Gasteiger partial charge in [-0.25, -0.2) is 18.2 Å². The van der Waals surface area contributed by atoms with Gasteiger partial charge in [-0.15, -0.1) is 6.58 Å². The quantitative estimate of drug-likeness (QED) is 0.288. The Balaban J connectivity index is 1.16. The largest absolute Gasteiger partial charge is 0.496 e. The van der Waals surface area contributed by atoms with E-state index in [1.165, 1.54) is 11.0 Å². The number of methoxy groups -OCH3 is 1. The number of nitrogens with one attached hydrogen (secondary N) is 3. The minimum absolute atomic E-state index is 0.0215. The smallest absolute Gasteiger partial charge is 0.408 e. The zero-order chi connectivity index (χ0) is 42.2. The number of ether oxygens (including phenoxy) is 5. The molecule has 3 N–H and O–H groups in total. The van der Waals surface area contributed by atoms with Crippen LogP contribution in [0.3, 0.4) is 0 Å². The topological polar surface area (TPSA) is 201 Å². The molecule has 4 aliphatic carbocycles. The molecule has 2 aromatic rings. The lowest BCUT2D eigenvalue weighted by Gasteiger charge is -2.35. The number of hydrogen-bond donors (Lipinski definition) is 3. The van der Waals surface area contributed by atoms with Crippen molar-refractivity contribution in [1.29, 1.82) is 0 Å². The van der Waals surface area contributed by atoms with Crippen LogP contribution in [0, 0.1) is 11.8 Å². The van der Waals surface area contributed by atoms with Gasteiger partial charge in [-0.05, 0) is 88.7 Å². The van der Waals surface area contributed by atoms with Gasteiger partial charge in [0.15, 0.2) is 0 Å². The SMILES string of the molecule is C=C[C@@H]1C[C@]1(NC(=O)[C@@H]1C[C@@H]2CN1C(=O)[C@H](C1CCCCC1)NC(=O)O[C@@H]1CCC[C@H]1OCCCc1cc3c(cc(OCC)nc3cc1OC)O2)C(=O)NS(=O)(=O)C1CC1. The van der Waals surface area contributed by atoms with Crippen molar-refractivity contribution in [1.82, 2.24) is 25.2 Å². The highest BCUT2D eigenvalue weighted by Gasteiger charge is 2.62. The monoisotopic (exact) mass is 851 g/mol. The number of carbonyl (C=O) groups excluding carboxylic acids is 4. The third-order valence-corrected chi connectivity index (χ3v) is 14.9. The average molecular weight is 852 g/mol. The minimum Gasteiger partial charge on any atom is -0.496 e. The molecule has 60 heavy (non-hydrogen) atoms. The summed E-state index contributed by atoms with van der Waals surface area (Å²) >= 11 is 0. The van der Waals surface area contributed by atoms with E-state index in [1.807, 2.05) is 19.1 Å². The second-order valence-corrected chi connectivity index (χ2v) is 19.1. The van der Waals surface area contributed by atoms with Crippen LogP contribution in [0.2, 0.25) is 0 Å². The number of sulfonamides is 1. The number of alkyl carbamates (subject to hydrolysis) is 1. The maximum Gasteiger partial charge on any atom is 0.408 e. The molecule has 0 radical (unpaired) electrons. The van der Waals surface area contributed by atoms with Crippen LogP contribution in [0.5, 0.6) is 17.4 Å². The molecule has 1 aromatic carbocycles. The third kappa shape index (κ3) is 8.74. The molecule has 326 valence electrons. The number of pyridine rings is 1. The maximum absolute atomic E-state index is 15.1. The van der Waals surface area contributed by atoms with Crippen LogP contribution < -0.4 is 29.6 Å². The minimum atomic E-state index is -3.92. The molecular weight excluding hydrogens is 795 g/mol. The van der Waals surface area contributed by atoms with Gasteiger partial charge >= 0.3 is 6.09 Å². The molecule has 4 saturated carbocycles. The summed E-state index contributed by atoms with van der Waals surface area (Å²) < 4.78 is 58.6. The molecule has 4 amide bonds. The number of amides is 4. The molecule has 8 rings (SSSR count). The first-order valence-electron chi connectivity index (χ1n) is 21.6. The van der Waals surface area contributed by atoms with Crippen LogP contribution in [-0.2, 0) is 40.3 Å². The van der Waals surface area contributed by atoms with E-state index < -0.39 is 74.8 Å². The van der Waals surface area contributed by atoms with Gasteiger partial charge in [0.2, 0.25) is 27.7 Å². The Morgan fingerprint density at radius 2 is 1.82 bits per heavy atom. The fourth-order valence-corrected chi connectivity index (χ4v) is 10.9. The molecule has 3 heterocycles. The average Bonchev–Trinajstić information content (AvgIpc) is 4.13. The van der Waals surface area contributed by atoms with Crippen LogP contribution >= 0.6 is 0 Å². The molecule has 0 unspecified atom stereocenters. The summed E-state index contributed by atoms with van der Waals surface area (Å²) in [5.74, 6) is -1.27. The maximum atomic E-state index is 15.1. The Kier molecular flexibility index (Phi) is 12.2. The molecular formula is C43H57N5O11S. The Morgan fingerprint density at radius 1 is 1.03 bits per heavy atom. The molecule has 1 aromatic heterocycles. The molecule has 0 spiro atoms. The second-order valence-electron chi connectivity index (χ2n) is 17.1. The first-order chi connectivity index (χ1) is 28.9. The summed E-state index contributed by atoms with van der Waals surface area (Å²) in [6.07, 6.45) is 8.07. The molecule has 7 atom stereocenters. The summed E-state index contributed by atoms with van der Waals surface area (Å²) in [5, 5.41) is 5.84. The van der Waals surface area contributed by atoms with E-state index in [0.717, 1.165) is 37.7 Å². The first kappa shape index (κ1) is 42.1. The van der Waals surface area contributed by atoms with E-state index >= 15 is 4.79 Å². The summed E-state index contributed by atoms with van der Waals surface area (Å²) in [5.41, 5.74) is -0.0821. The van der Waals surface area contributed by atoms with Gasteiger partial charge in [0.1, 0.15) is 41.3 Å². The van der Waals surface area contributed by atoms with E-state index in [-0.39, 0.29) is 31.4 Å². The van der Waals surface area contributed by atoms with Gasteiger partial charge in [0.05, 0.1) is 37.1 Å². The molecule has 6 aliphatic rings. The molecule has 2 aliphatic heterocycles. The van der Waals surface area contributed by atoms with Crippen LogP contribution in [-0.4, -0.2) is 110 Å². The number of nitrogens with zero attached hydrogens (tertiary/aromatic N) is 2. The van der Waals surface area contributed by atoms with Crippen molar-refractivity contribution < 1.29 is 51.3 Å². The Hall–Kier alpha value is -4.64. The summed E-state index contributed by atoms with van der Waals surface area (Å²) in [7, 11) is -2.31. The van der Waals surface area contributed by atoms with Gasteiger partial charge in [0, 0.05) is 36.5 Å². The first-order valence-corrected chi connectivity index (χ1v) is 23.2. The van der Waals surface area contributed by atoms with Crippen molar-refractivity contribution in [3.05, 3.63) is 36.4 Å². The van der Waals surface area contributed by atoms with Crippen LogP contribution in [0.25, 0.3) is 10.9 Å². The number of fused-ring (bicyclic) bond motifs is 4. The van der Waals surface area contributed by atoms with Crippen LogP contribution in [0.15, 0.2) is 30.9 Å². The number of benzene rings is 1. The number of carbonyl (C=O) groups is 4. The van der Waals surface area contributed by atoms with Gasteiger partial charge in [0.25, 0.3) is 5.91 Å². The normalized spacial score (nSPS) is 30.1. The summed E-state index contributed by atoms with van der Waals surface area (Å²) in [6.45, 7) is 6.44. The zero-order valence-corrected chi connectivity index (χ0v) is 35.3. The number of aryl methyl sites for hydroxylation is 1. The fraction of sp³-hybridized carbons (Fsp3) is 0.651. The predicted molar refractivity (Wildman–Crippen MR) is 219 cm³/mol. The van der Waals surface area contributed by atoms with Gasteiger partial charge in [-0.1, -0.05) is 25.3 Å². The van der Waals surface area contributed by atoms with Crippen LogP contribution in [0.1, 0.15) is 96.0 Å². The van der Waals surface area contributed by atoms with Gasteiger partial charge < -0.3 is 39.2 Å². The van der Waals surface area contributed by atoms with Crippen molar-refractivity contribution in [2.24, 2.45) is 11.8 Å². The van der Waals surface area contributed by atoms with Crippen molar-refractivity contribution >= 4 is 44.7 Å². The molecule has 17 heteroatoms. The number of hydrogen-bond acceptors (Lipinski definition) is 12.